The van der Waals surface area contributed by atoms with Gasteiger partial charge in [-0.2, -0.15) is 0 Å². The highest BCUT2D eigenvalue weighted by Crippen LogP contribution is 2.08. The van der Waals surface area contributed by atoms with E-state index in [9.17, 15) is 12.6 Å². The van der Waals surface area contributed by atoms with Crippen molar-refractivity contribution in [3.63, 3.8) is 0 Å². The van der Waals surface area contributed by atoms with Gasteiger partial charge in [0.05, 0.1) is 5.75 Å². The molecule has 0 amide bonds. The maximum atomic E-state index is 11.8. The number of nitrogens with two attached hydrogens (primary N) is 1. The molecule has 1 rings (SSSR count). The molecule has 1 aromatic rings. The molecular formula is C12H20N2O3S2. The quantitative estimate of drug-likeness (QED) is 0.724. The van der Waals surface area contributed by atoms with Gasteiger partial charge in [-0.15, -0.1) is 0 Å². The predicted octanol–water partition coefficient (Wildman–Crippen LogP) is 0.333. The fourth-order valence-corrected chi connectivity index (χ4v) is 3.45. The summed E-state index contributed by atoms with van der Waals surface area (Å²) in [6.07, 6.45) is 0. The van der Waals surface area contributed by atoms with E-state index in [2.05, 4.69) is 4.72 Å². The Morgan fingerprint density at radius 2 is 2.00 bits per heavy atom. The van der Waals surface area contributed by atoms with Gasteiger partial charge in [-0.3, -0.25) is 4.21 Å². The van der Waals surface area contributed by atoms with Crippen molar-refractivity contribution in [2.75, 3.05) is 18.1 Å². The van der Waals surface area contributed by atoms with Gasteiger partial charge < -0.3 is 5.73 Å². The summed E-state index contributed by atoms with van der Waals surface area (Å²) in [6.45, 7) is 2.40. The molecule has 1 atom stereocenters. The Morgan fingerprint density at radius 3 is 2.63 bits per heavy atom. The molecule has 1 unspecified atom stereocenters. The standard InChI is InChI=1S/C12H20N2O3S2/c1-2-18(15)7-6-14-19(16,17)10-12-5-3-4-11(8-12)9-13/h3-5,8,14H,2,6-7,9-10,13H2,1H3. The van der Waals surface area contributed by atoms with Crippen LogP contribution in [0.4, 0.5) is 0 Å². The van der Waals surface area contributed by atoms with E-state index < -0.39 is 20.8 Å². The molecular weight excluding hydrogens is 284 g/mol. The van der Waals surface area contributed by atoms with E-state index in [4.69, 9.17) is 5.73 Å². The van der Waals surface area contributed by atoms with Gasteiger partial charge in [0, 0.05) is 35.4 Å². The van der Waals surface area contributed by atoms with Crippen molar-refractivity contribution in [1.82, 2.24) is 4.72 Å². The average molecular weight is 304 g/mol. The number of rotatable bonds is 8. The monoisotopic (exact) mass is 304 g/mol. The van der Waals surface area contributed by atoms with Crippen LogP contribution >= 0.6 is 0 Å². The third-order valence-corrected chi connectivity index (χ3v) is 5.22. The normalized spacial score (nSPS) is 13.4. The Balaban J connectivity index is 2.56. The second kappa shape index (κ2) is 7.74. The molecule has 1 aromatic carbocycles. The molecule has 108 valence electrons. The van der Waals surface area contributed by atoms with Gasteiger partial charge in [0.15, 0.2) is 0 Å². The molecule has 0 bridgehead atoms. The van der Waals surface area contributed by atoms with Crippen LogP contribution in [0.5, 0.6) is 0 Å². The van der Waals surface area contributed by atoms with E-state index in [0.29, 0.717) is 23.6 Å². The molecule has 5 nitrogen and oxygen atoms in total. The topological polar surface area (TPSA) is 89.3 Å². The third kappa shape index (κ3) is 6.29. The molecule has 0 aliphatic rings. The molecule has 19 heavy (non-hydrogen) atoms. The van der Waals surface area contributed by atoms with E-state index in [1.54, 1.807) is 18.2 Å². The summed E-state index contributed by atoms with van der Waals surface area (Å²) in [5, 5.41) is 0. The first-order valence-electron chi connectivity index (χ1n) is 6.07. The van der Waals surface area contributed by atoms with Gasteiger partial charge >= 0.3 is 0 Å². The highest BCUT2D eigenvalue weighted by atomic mass is 32.2. The lowest BCUT2D eigenvalue weighted by Gasteiger charge is -2.07. The van der Waals surface area contributed by atoms with Crippen LogP contribution in [0.2, 0.25) is 0 Å². The van der Waals surface area contributed by atoms with Crippen molar-refractivity contribution in [2.45, 2.75) is 19.2 Å². The van der Waals surface area contributed by atoms with Gasteiger partial charge in [0.1, 0.15) is 0 Å². The molecule has 0 saturated heterocycles. The van der Waals surface area contributed by atoms with Crippen LogP contribution in [0.25, 0.3) is 0 Å². The maximum Gasteiger partial charge on any atom is 0.215 e. The molecule has 0 spiro atoms. The minimum absolute atomic E-state index is 0.0837. The van der Waals surface area contributed by atoms with Crippen molar-refractivity contribution in [1.29, 1.82) is 0 Å². The molecule has 0 saturated carbocycles. The van der Waals surface area contributed by atoms with E-state index in [1.807, 2.05) is 13.0 Å². The largest absolute Gasteiger partial charge is 0.326 e. The van der Waals surface area contributed by atoms with Gasteiger partial charge in [-0.1, -0.05) is 31.2 Å². The maximum absolute atomic E-state index is 11.8. The van der Waals surface area contributed by atoms with Gasteiger partial charge in [0.2, 0.25) is 10.0 Å². The number of sulfonamides is 1. The number of nitrogens with one attached hydrogen (secondary N) is 1. The third-order valence-electron chi connectivity index (χ3n) is 2.56. The van der Waals surface area contributed by atoms with E-state index in [0.717, 1.165) is 5.56 Å². The van der Waals surface area contributed by atoms with E-state index in [-0.39, 0.29) is 12.3 Å². The first-order chi connectivity index (χ1) is 8.96. The van der Waals surface area contributed by atoms with E-state index >= 15 is 0 Å². The summed E-state index contributed by atoms with van der Waals surface area (Å²) in [5.41, 5.74) is 7.12. The SMILES string of the molecule is CCS(=O)CCNS(=O)(=O)Cc1cccc(CN)c1. The summed E-state index contributed by atoms with van der Waals surface area (Å²) in [6, 6.07) is 7.18. The highest BCUT2D eigenvalue weighted by Gasteiger charge is 2.11. The summed E-state index contributed by atoms with van der Waals surface area (Å²) in [5.74, 6) is 0.804. The number of benzene rings is 1. The minimum atomic E-state index is -3.39. The predicted molar refractivity (Wildman–Crippen MR) is 78.5 cm³/mol. The average Bonchev–Trinajstić information content (AvgIpc) is 2.37. The fourth-order valence-electron chi connectivity index (χ4n) is 1.57. The number of hydrogen-bond donors (Lipinski definition) is 2. The summed E-state index contributed by atoms with van der Waals surface area (Å²) >= 11 is 0. The molecule has 0 fully saturated rings. The molecule has 0 aliphatic carbocycles. The van der Waals surface area contributed by atoms with Crippen LogP contribution in [-0.2, 0) is 33.1 Å². The second-order valence-electron chi connectivity index (χ2n) is 4.11. The van der Waals surface area contributed by atoms with Crippen LogP contribution in [0, 0.1) is 0 Å². The Labute approximate surface area is 117 Å². The molecule has 3 N–H and O–H groups in total. The van der Waals surface area contributed by atoms with Crippen molar-refractivity contribution in [3.05, 3.63) is 35.4 Å². The Bertz CT molecular complexity index is 530. The van der Waals surface area contributed by atoms with Crippen molar-refractivity contribution < 1.29 is 12.6 Å². The fraction of sp³-hybridized carbons (Fsp3) is 0.500. The zero-order valence-corrected chi connectivity index (χ0v) is 12.6. The lowest BCUT2D eigenvalue weighted by Crippen LogP contribution is -2.29. The smallest absolute Gasteiger partial charge is 0.215 e. The van der Waals surface area contributed by atoms with Crippen LogP contribution in [0.15, 0.2) is 24.3 Å². The van der Waals surface area contributed by atoms with Crippen LogP contribution < -0.4 is 10.5 Å². The Morgan fingerprint density at radius 1 is 1.32 bits per heavy atom. The second-order valence-corrected chi connectivity index (χ2v) is 7.78. The summed E-state index contributed by atoms with van der Waals surface area (Å²) in [7, 11) is -4.35. The zero-order chi connectivity index (χ0) is 14.3. The Kier molecular flexibility index (Phi) is 6.64. The summed E-state index contributed by atoms with van der Waals surface area (Å²) in [4.78, 5) is 0. The van der Waals surface area contributed by atoms with Crippen molar-refractivity contribution in [3.8, 4) is 0 Å². The lowest BCUT2D eigenvalue weighted by atomic mass is 10.1. The molecule has 0 heterocycles. The molecule has 0 aromatic heterocycles. The Hall–Kier alpha value is -0.760. The highest BCUT2D eigenvalue weighted by molar-refractivity contribution is 7.88. The summed E-state index contributed by atoms with van der Waals surface area (Å²) < 4.78 is 37.3. The molecule has 0 radical (unpaired) electrons. The zero-order valence-electron chi connectivity index (χ0n) is 11.0. The van der Waals surface area contributed by atoms with Crippen molar-refractivity contribution >= 4 is 20.8 Å². The molecule has 0 aliphatic heterocycles. The van der Waals surface area contributed by atoms with Crippen LogP contribution in [0.3, 0.4) is 0 Å². The van der Waals surface area contributed by atoms with E-state index in [1.165, 1.54) is 0 Å². The lowest BCUT2D eigenvalue weighted by molar-refractivity contribution is 0.583. The first kappa shape index (κ1) is 16.3. The minimum Gasteiger partial charge on any atom is -0.326 e. The van der Waals surface area contributed by atoms with Gasteiger partial charge in [-0.25, -0.2) is 13.1 Å². The first-order valence-corrected chi connectivity index (χ1v) is 9.21. The van der Waals surface area contributed by atoms with Crippen molar-refractivity contribution in [2.24, 2.45) is 5.73 Å². The molecule has 7 heteroatoms. The number of hydrogen-bond acceptors (Lipinski definition) is 4. The van der Waals surface area contributed by atoms with Gasteiger partial charge in [0.25, 0.3) is 0 Å². The van der Waals surface area contributed by atoms with Gasteiger partial charge in [-0.05, 0) is 11.1 Å². The van der Waals surface area contributed by atoms with Crippen LogP contribution in [0.1, 0.15) is 18.1 Å². The van der Waals surface area contributed by atoms with Crippen LogP contribution in [-0.4, -0.2) is 30.7 Å².